The largest absolute Gasteiger partial charge is 0.481 e. The zero-order valence-electron chi connectivity index (χ0n) is 22.9. The summed E-state index contributed by atoms with van der Waals surface area (Å²) in [5, 5.41) is 29.3. The highest BCUT2D eigenvalue weighted by Crippen LogP contribution is 2.39. The molecule has 13 heteroatoms. The third kappa shape index (κ3) is 12.6. The third-order valence-electron chi connectivity index (χ3n) is 7.29. The van der Waals surface area contributed by atoms with Gasteiger partial charge in [-0.1, -0.05) is 38.2 Å². The van der Waals surface area contributed by atoms with Gasteiger partial charge in [-0.3, -0.25) is 9.35 Å². The first-order chi connectivity index (χ1) is 18.3. The second-order valence-corrected chi connectivity index (χ2v) is 11.8. The summed E-state index contributed by atoms with van der Waals surface area (Å²) in [5.74, 6) is -2.03. The van der Waals surface area contributed by atoms with Crippen LogP contribution < -0.4 is 0 Å². The monoisotopic (exact) mass is 580 g/mol. The van der Waals surface area contributed by atoms with Crippen molar-refractivity contribution >= 4 is 22.3 Å². The number of ether oxygens (including phenoxy) is 3. The molecule has 226 valence electrons. The number of aliphatic hydroxyl groups is 2. The van der Waals surface area contributed by atoms with Gasteiger partial charge >= 0.3 is 22.3 Å². The van der Waals surface area contributed by atoms with Crippen LogP contribution in [0.3, 0.4) is 0 Å². The molecule has 0 radical (unpaired) electrons. The average molecular weight is 581 g/mol. The van der Waals surface area contributed by atoms with Crippen molar-refractivity contribution in [1.29, 1.82) is 0 Å². The number of hydrogen-bond acceptors (Lipinski definition) is 10. The standard InChI is InChI=1S/C26H44O12S/c1-16(13-23(30)35-11-9-7-5-4-6-8-10-22(28)29)12-20-24(31)26(38-39(32,33)34)19(15-36-20)14-21-25(37-21)17(2)18(3)27/h13,17-21,24-27,31H,4-12,14-15H2,1-3H3,(H,28,29)(H,32,33,34)/b16-13+/t17-,18-,19-,20-,21-,24-,25-,26+/m0/s1. The number of rotatable bonds is 18. The lowest BCUT2D eigenvalue weighted by atomic mass is 9.85. The fraction of sp³-hybridized carbons (Fsp3) is 0.846. The molecule has 0 aromatic rings. The van der Waals surface area contributed by atoms with Gasteiger partial charge in [0.05, 0.1) is 37.6 Å². The van der Waals surface area contributed by atoms with E-state index in [0.29, 0.717) is 24.8 Å². The molecule has 0 saturated carbocycles. The van der Waals surface area contributed by atoms with Crippen molar-refractivity contribution in [3.63, 3.8) is 0 Å². The molecule has 2 saturated heterocycles. The van der Waals surface area contributed by atoms with E-state index in [0.717, 1.165) is 25.7 Å². The van der Waals surface area contributed by atoms with E-state index in [4.69, 9.17) is 23.5 Å². The summed E-state index contributed by atoms with van der Waals surface area (Å²) in [5.41, 5.74) is 0.558. The van der Waals surface area contributed by atoms with Gasteiger partial charge < -0.3 is 29.5 Å². The van der Waals surface area contributed by atoms with Gasteiger partial charge in [-0.25, -0.2) is 8.98 Å². The normalized spacial score (nSPS) is 29.0. The highest BCUT2D eigenvalue weighted by molar-refractivity contribution is 7.80. The predicted molar refractivity (Wildman–Crippen MR) is 139 cm³/mol. The Bertz CT molecular complexity index is 918. The highest BCUT2D eigenvalue weighted by Gasteiger charge is 2.50. The number of aliphatic hydroxyl groups excluding tert-OH is 2. The van der Waals surface area contributed by atoms with Crippen molar-refractivity contribution in [3.05, 3.63) is 11.6 Å². The van der Waals surface area contributed by atoms with E-state index < -0.39 is 52.7 Å². The Labute approximate surface area is 230 Å². The highest BCUT2D eigenvalue weighted by atomic mass is 32.3. The van der Waals surface area contributed by atoms with Gasteiger partial charge in [-0.15, -0.1) is 0 Å². The van der Waals surface area contributed by atoms with E-state index >= 15 is 0 Å². The minimum Gasteiger partial charge on any atom is -0.481 e. The van der Waals surface area contributed by atoms with E-state index in [2.05, 4.69) is 0 Å². The fourth-order valence-corrected chi connectivity index (χ4v) is 5.40. The molecular weight excluding hydrogens is 536 g/mol. The van der Waals surface area contributed by atoms with Crippen LogP contribution in [-0.4, -0.2) is 90.1 Å². The molecule has 2 aliphatic heterocycles. The molecule has 2 fully saturated rings. The Kier molecular flexibility index (Phi) is 13.8. The van der Waals surface area contributed by atoms with Gasteiger partial charge in [0.2, 0.25) is 0 Å². The van der Waals surface area contributed by atoms with Crippen molar-refractivity contribution in [3.8, 4) is 0 Å². The molecule has 0 unspecified atom stereocenters. The quantitative estimate of drug-likeness (QED) is 0.0610. The third-order valence-corrected chi connectivity index (χ3v) is 7.76. The summed E-state index contributed by atoms with van der Waals surface area (Å²) < 4.78 is 53.8. The molecule has 0 aromatic carbocycles. The van der Waals surface area contributed by atoms with E-state index in [9.17, 15) is 32.8 Å². The average Bonchev–Trinajstić information content (AvgIpc) is 3.59. The molecule has 0 bridgehead atoms. The van der Waals surface area contributed by atoms with Gasteiger partial charge in [-0.2, -0.15) is 8.42 Å². The molecule has 4 N–H and O–H groups in total. The molecule has 0 amide bonds. The Morgan fingerprint density at radius 1 is 1.08 bits per heavy atom. The fourth-order valence-electron chi connectivity index (χ4n) is 4.85. The molecule has 0 spiro atoms. The second kappa shape index (κ2) is 16.0. The van der Waals surface area contributed by atoms with E-state index in [1.54, 1.807) is 13.8 Å². The lowest BCUT2D eigenvalue weighted by molar-refractivity contribution is -0.157. The first-order valence-corrected chi connectivity index (χ1v) is 15.0. The summed E-state index contributed by atoms with van der Waals surface area (Å²) in [6.45, 7) is 5.47. The molecule has 12 nitrogen and oxygen atoms in total. The van der Waals surface area contributed by atoms with Gasteiger partial charge in [0.15, 0.2) is 0 Å². The molecule has 0 aromatic heterocycles. The maximum Gasteiger partial charge on any atom is 0.397 e. The van der Waals surface area contributed by atoms with Crippen LogP contribution >= 0.6 is 0 Å². The molecule has 39 heavy (non-hydrogen) atoms. The molecule has 0 aliphatic carbocycles. The summed E-state index contributed by atoms with van der Waals surface area (Å²) in [6, 6.07) is 0. The Hall–Kier alpha value is -1.61. The van der Waals surface area contributed by atoms with Gasteiger partial charge in [0.25, 0.3) is 0 Å². The molecule has 2 rings (SSSR count). The Morgan fingerprint density at radius 3 is 2.33 bits per heavy atom. The molecule has 2 heterocycles. The molecular formula is C26H44O12S. The van der Waals surface area contributed by atoms with Crippen LogP contribution in [-0.2, 0) is 38.4 Å². The van der Waals surface area contributed by atoms with Crippen LogP contribution in [0.4, 0.5) is 0 Å². The van der Waals surface area contributed by atoms with Gasteiger partial charge in [-0.05, 0) is 39.5 Å². The number of hydrogen-bond donors (Lipinski definition) is 4. The number of unbranched alkanes of at least 4 members (excludes halogenated alkanes) is 5. The van der Waals surface area contributed by atoms with E-state index in [-0.39, 0.29) is 44.2 Å². The van der Waals surface area contributed by atoms with Crippen molar-refractivity contribution in [2.24, 2.45) is 11.8 Å². The topological polar surface area (TPSA) is 189 Å². The maximum atomic E-state index is 12.2. The number of carboxylic acids is 1. The first-order valence-electron chi connectivity index (χ1n) is 13.6. The SMILES string of the molecule is C/C(=C\C(=O)OCCCCCCCCC(=O)O)C[C@@H]1OC[C@H](C[C@@H]2O[C@H]2[C@@H](C)[C@H](C)O)[C@@H](OS(=O)(=O)O)[C@H]1O. The van der Waals surface area contributed by atoms with Crippen LogP contribution in [0.25, 0.3) is 0 Å². The summed E-state index contributed by atoms with van der Waals surface area (Å²) in [6.07, 6.45) is 2.29. The smallest absolute Gasteiger partial charge is 0.397 e. The number of esters is 1. The Morgan fingerprint density at radius 2 is 1.72 bits per heavy atom. The lowest BCUT2D eigenvalue weighted by Crippen LogP contribution is -2.52. The second-order valence-electron chi connectivity index (χ2n) is 10.7. The minimum atomic E-state index is -4.85. The first kappa shape index (κ1) is 33.6. The number of carboxylic acid groups (broad SMARTS) is 1. The van der Waals surface area contributed by atoms with Crippen LogP contribution in [0, 0.1) is 11.8 Å². The number of carbonyl (C=O) groups excluding carboxylic acids is 1. The van der Waals surface area contributed by atoms with Gasteiger partial charge in [0, 0.05) is 24.3 Å². The van der Waals surface area contributed by atoms with Crippen LogP contribution in [0.2, 0.25) is 0 Å². The minimum absolute atomic E-state index is 0.0472. The lowest BCUT2D eigenvalue weighted by Gasteiger charge is -2.39. The zero-order chi connectivity index (χ0) is 29.2. The van der Waals surface area contributed by atoms with E-state index in [1.165, 1.54) is 6.08 Å². The zero-order valence-corrected chi connectivity index (χ0v) is 23.8. The summed E-state index contributed by atoms with van der Waals surface area (Å²) in [4.78, 5) is 22.6. The molecule has 8 atom stereocenters. The molecule has 2 aliphatic rings. The Balaban J connectivity index is 1.79. The maximum absolute atomic E-state index is 12.2. The summed E-state index contributed by atoms with van der Waals surface area (Å²) >= 11 is 0. The van der Waals surface area contributed by atoms with Crippen molar-refractivity contribution in [2.75, 3.05) is 13.2 Å². The van der Waals surface area contributed by atoms with Crippen molar-refractivity contribution < 1.29 is 56.3 Å². The van der Waals surface area contributed by atoms with Crippen molar-refractivity contribution in [2.45, 2.75) is 115 Å². The number of aliphatic carboxylic acids is 1. The number of carbonyl (C=O) groups is 2. The summed E-state index contributed by atoms with van der Waals surface area (Å²) in [7, 11) is -4.85. The predicted octanol–water partition coefficient (Wildman–Crippen LogP) is 2.42. The van der Waals surface area contributed by atoms with E-state index in [1.807, 2.05) is 6.92 Å². The van der Waals surface area contributed by atoms with Crippen LogP contribution in [0.5, 0.6) is 0 Å². The van der Waals surface area contributed by atoms with Crippen molar-refractivity contribution in [1.82, 2.24) is 0 Å². The van der Waals surface area contributed by atoms with Crippen LogP contribution in [0.15, 0.2) is 11.6 Å². The van der Waals surface area contributed by atoms with Gasteiger partial charge in [0.1, 0.15) is 12.2 Å². The number of epoxide rings is 1. The van der Waals surface area contributed by atoms with Crippen LogP contribution in [0.1, 0.15) is 78.6 Å².